The van der Waals surface area contributed by atoms with E-state index in [1.54, 1.807) is 0 Å². The van der Waals surface area contributed by atoms with Gasteiger partial charge < -0.3 is 9.73 Å². The molecule has 1 amide bonds. The van der Waals surface area contributed by atoms with Gasteiger partial charge in [-0.25, -0.2) is 4.98 Å². The molecule has 1 saturated carbocycles. The van der Waals surface area contributed by atoms with E-state index in [1.165, 1.54) is 6.42 Å². The van der Waals surface area contributed by atoms with Crippen molar-refractivity contribution in [2.24, 2.45) is 5.92 Å². The molecule has 0 bridgehead atoms. The minimum absolute atomic E-state index is 0.112. The molecular weight excluding hydrogens is 336 g/mol. The molecule has 5 heteroatoms. The minimum Gasteiger partial charge on any atom is -0.436 e. The highest BCUT2D eigenvalue weighted by Crippen LogP contribution is 2.28. The van der Waals surface area contributed by atoms with Crippen LogP contribution >= 0.6 is 11.6 Å². The number of aromatic nitrogens is 1. The molecule has 4 nitrogen and oxygen atoms in total. The van der Waals surface area contributed by atoms with E-state index in [-0.39, 0.29) is 11.8 Å². The first kappa shape index (κ1) is 16.2. The second-order valence-electron chi connectivity index (χ2n) is 6.53. The second-order valence-corrected chi connectivity index (χ2v) is 6.97. The molecule has 0 aliphatic heterocycles. The summed E-state index contributed by atoms with van der Waals surface area (Å²) in [4.78, 5) is 16.9. The number of fused-ring (bicyclic) bond motifs is 1. The van der Waals surface area contributed by atoms with E-state index in [1.807, 2.05) is 42.5 Å². The number of hydrogen-bond acceptors (Lipinski definition) is 3. The smallest absolute Gasteiger partial charge is 0.227 e. The van der Waals surface area contributed by atoms with Gasteiger partial charge in [-0.05, 0) is 55.3 Å². The lowest BCUT2D eigenvalue weighted by Gasteiger charge is -2.20. The van der Waals surface area contributed by atoms with Crippen molar-refractivity contribution >= 4 is 34.3 Å². The Bertz CT molecular complexity index is 896. The van der Waals surface area contributed by atoms with Crippen LogP contribution in [-0.2, 0) is 4.79 Å². The van der Waals surface area contributed by atoms with Crippen LogP contribution in [0.2, 0.25) is 5.02 Å². The fourth-order valence-corrected chi connectivity index (χ4v) is 3.46. The van der Waals surface area contributed by atoms with Crippen molar-refractivity contribution in [1.82, 2.24) is 4.98 Å². The van der Waals surface area contributed by atoms with Gasteiger partial charge in [-0.2, -0.15) is 0 Å². The predicted octanol–water partition coefficient (Wildman–Crippen LogP) is 5.67. The van der Waals surface area contributed by atoms with E-state index in [2.05, 4.69) is 10.3 Å². The molecule has 0 atom stereocenters. The molecule has 1 N–H and O–H groups in total. The molecule has 0 spiro atoms. The molecule has 1 heterocycles. The summed E-state index contributed by atoms with van der Waals surface area (Å²) in [5.41, 5.74) is 3.06. The molecule has 1 aliphatic rings. The highest BCUT2D eigenvalue weighted by molar-refractivity contribution is 6.30. The van der Waals surface area contributed by atoms with Crippen LogP contribution in [-0.4, -0.2) is 10.9 Å². The monoisotopic (exact) mass is 354 g/mol. The number of carbonyl (C=O) groups excluding carboxylic acids is 1. The van der Waals surface area contributed by atoms with E-state index in [4.69, 9.17) is 16.0 Å². The molecule has 0 saturated heterocycles. The average Bonchev–Trinajstić information content (AvgIpc) is 3.06. The molecule has 0 radical (unpaired) electrons. The van der Waals surface area contributed by atoms with Crippen molar-refractivity contribution in [3.05, 3.63) is 47.5 Å². The fourth-order valence-electron chi connectivity index (χ4n) is 3.33. The number of amides is 1. The Morgan fingerprint density at radius 2 is 1.84 bits per heavy atom. The molecule has 25 heavy (non-hydrogen) atoms. The second kappa shape index (κ2) is 6.89. The van der Waals surface area contributed by atoms with Crippen LogP contribution in [0.25, 0.3) is 22.6 Å². The maximum absolute atomic E-state index is 12.4. The third kappa shape index (κ3) is 3.54. The van der Waals surface area contributed by atoms with E-state index >= 15 is 0 Å². The first-order chi connectivity index (χ1) is 12.2. The maximum Gasteiger partial charge on any atom is 0.227 e. The highest BCUT2D eigenvalue weighted by Gasteiger charge is 2.21. The standard InChI is InChI=1S/C20H19ClN2O2/c21-15-8-6-14(7-9-15)20-23-17-12-16(10-11-18(17)25-20)22-19(24)13-4-2-1-3-5-13/h6-13H,1-5H2,(H,22,24). The zero-order chi connectivity index (χ0) is 17.2. The van der Waals surface area contributed by atoms with Gasteiger partial charge in [0.15, 0.2) is 5.58 Å². The number of benzene rings is 2. The van der Waals surface area contributed by atoms with Crippen LogP contribution in [0.15, 0.2) is 46.9 Å². The molecule has 0 unspecified atom stereocenters. The SMILES string of the molecule is O=C(Nc1ccc2oc(-c3ccc(Cl)cc3)nc2c1)C1CCCCC1. The molecule has 1 aromatic heterocycles. The van der Waals surface area contributed by atoms with Gasteiger partial charge >= 0.3 is 0 Å². The van der Waals surface area contributed by atoms with E-state index in [9.17, 15) is 4.79 Å². The number of anilines is 1. The topological polar surface area (TPSA) is 55.1 Å². The van der Waals surface area contributed by atoms with Gasteiger partial charge in [-0.3, -0.25) is 4.79 Å². The van der Waals surface area contributed by atoms with E-state index < -0.39 is 0 Å². The zero-order valence-electron chi connectivity index (χ0n) is 13.8. The Morgan fingerprint density at radius 1 is 1.08 bits per heavy atom. The fraction of sp³-hybridized carbons (Fsp3) is 0.300. The van der Waals surface area contributed by atoms with Crippen LogP contribution < -0.4 is 5.32 Å². The zero-order valence-corrected chi connectivity index (χ0v) is 14.6. The Hall–Kier alpha value is -2.33. The highest BCUT2D eigenvalue weighted by atomic mass is 35.5. The van der Waals surface area contributed by atoms with Crippen LogP contribution in [0.3, 0.4) is 0 Å². The summed E-state index contributed by atoms with van der Waals surface area (Å²) in [5.74, 6) is 0.786. The number of nitrogens with one attached hydrogen (secondary N) is 1. The van der Waals surface area contributed by atoms with Gasteiger partial charge in [-0.1, -0.05) is 30.9 Å². The molecule has 3 aromatic rings. The normalized spacial score (nSPS) is 15.4. The van der Waals surface area contributed by atoms with Crippen molar-refractivity contribution in [2.45, 2.75) is 32.1 Å². The Kier molecular flexibility index (Phi) is 4.45. The summed E-state index contributed by atoms with van der Waals surface area (Å²) in [5, 5.41) is 3.70. The van der Waals surface area contributed by atoms with Gasteiger partial charge in [0, 0.05) is 22.2 Å². The van der Waals surface area contributed by atoms with Gasteiger partial charge in [0.2, 0.25) is 11.8 Å². The molecule has 1 fully saturated rings. The van der Waals surface area contributed by atoms with E-state index in [0.29, 0.717) is 16.5 Å². The van der Waals surface area contributed by atoms with Crippen LogP contribution in [0, 0.1) is 5.92 Å². The van der Waals surface area contributed by atoms with Crippen molar-refractivity contribution < 1.29 is 9.21 Å². The summed E-state index contributed by atoms with van der Waals surface area (Å²) in [6.45, 7) is 0. The number of oxazole rings is 1. The molecule has 4 rings (SSSR count). The molecule has 1 aliphatic carbocycles. The Morgan fingerprint density at radius 3 is 2.60 bits per heavy atom. The lowest BCUT2D eigenvalue weighted by atomic mass is 9.88. The summed E-state index contributed by atoms with van der Waals surface area (Å²) >= 11 is 5.92. The number of rotatable bonds is 3. The summed E-state index contributed by atoms with van der Waals surface area (Å²) in [6.07, 6.45) is 5.50. The quantitative estimate of drug-likeness (QED) is 0.659. The summed E-state index contributed by atoms with van der Waals surface area (Å²) in [7, 11) is 0. The third-order valence-electron chi connectivity index (χ3n) is 4.72. The molecule has 128 valence electrons. The van der Waals surface area contributed by atoms with E-state index in [0.717, 1.165) is 42.5 Å². The van der Waals surface area contributed by atoms with Crippen molar-refractivity contribution in [2.75, 3.05) is 5.32 Å². The first-order valence-electron chi connectivity index (χ1n) is 8.66. The van der Waals surface area contributed by atoms with Crippen molar-refractivity contribution in [3.8, 4) is 11.5 Å². The molecular formula is C20H19ClN2O2. The Balaban J connectivity index is 1.55. The van der Waals surface area contributed by atoms with Crippen LogP contribution in [0.4, 0.5) is 5.69 Å². The van der Waals surface area contributed by atoms with Crippen molar-refractivity contribution in [3.63, 3.8) is 0 Å². The number of hydrogen-bond donors (Lipinski definition) is 1. The Labute approximate surface area is 151 Å². The van der Waals surface area contributed by atoms with Gasteiger partial charge in [0.1, 0.15) is 5.52 Å². The van der Waals surface area contributed by atoms with Crippen LogP contribution in [0.5, 0.6) is 0 Å². The van der Waals surface area contributed by atoms with Gasteiger partial charge in [-0.15, -0.1) is 0 Å². The predicted molar refractivity (Wildman–Crippen MR) is 99.7 cm³/mol. The lowest BCUT2D eigenvalue weighted by molar-refractivity contribution is -0.120. The molecule has 2 aromatic carbocycles. The lowest BCUT2D eigenvalue weighted by Crippen LogP contribution is -2.24. The number of nitrogens with zero attached hydrogens (tertiary/aromatic N) is 1. The maximum atomic E-state index is 12.4. The van der Waals surface area contributed by atoms with Crippen LogP contribution in [0.1, 0.15) is 32.1 Å². The first-order valence-corrected chi connectivity index (χ1v) is 9.04. The van der Waals surface area contributed by atoms with Crippen molar-refractivity contribution in [1.29, 1.82) is 0 Å². The van der Waals surface area contributed by atoms with Gasteiger partial charge in [0.25, 0.3) is 0 Å². The third-order valence-corrected chi connectivity index (χ3v) is 4.97. The van der Waals surface area contributed by atoms with Gasteiger partial charge in [0.05, 0.1) is 0 Å². The summed E-state index contributed by atoms with van der Waals surface area (Å²) < 4.78 is 5.80. The number of halogens is 1. The largest absolute Gasteiger partial charge is 0.436 e. The number of carbonyl (C=O) groups is 1. The average molecular weight is 355 g/mol. The summed E-state index contributed by atoms with van der Waals surface area (Å²) in [6, 6.07) is 12.9. The minimum atomic E-state index is 0.112.